The zero-order valence-corrected chi connectivity index (χ0v) is 24.5. The molecule has 10 heteroatoms. The number of aryl methyl sites for hydroxylation is 1. The molecule has 4 aromatic rings. The number of likely N-dealkylation sites (tertiary alicyclic amines) is 1. The average molecular weight is 568 g/mol. The monoisotopic (exact) mass is 567 g/mol. The minimum atomic E-state index is -0.963. The first kappa shape index (κ1) is 28.8. The molecule has 0 bridgehead atoms. The molecule has 1 unspecified atom stereocenters. The number of nitrogens with zero attached hydrogens (tertiary/aromatic N) is 5. The van der Waals surface area contributed by atoms with Crippen molar-refractivity contribution >= 4 is 23.2 Å². The van der Waals surface area contributed by atoms with Gasteiger partial charge in [-0.3, -0.25) is 19.5 Å². The van der Waals surface area contributed by atoms with E-state index in [1.807, 2.05) is 43.3 Å². The Morgan fingerprint density at radius 1 is 1.14 bits per heavy atom. The lowest BCUT2D eigenvalue weighted by atomic mass is 9.87. The predicted molar refractivity (Wildman–Crippen MR) is 161 cm³/mol. The second-order valence-electron chi connectivity index (χ2n) is 11.7. The predicted octanol–water partition coefficient (Wildman–Crippen LogP) is 5.04. The van der Waals surface area contributed by atoms with Crippen molar-refractivity contribution < 1.29 is 14.1 Å². The summed E-state index contributed by atoms with van der Waals surface area (Å²) in [6, 6.07) is 12.2. The standard InChI is InChI=1S/C32H37N7O3/c1-21-17-27(37-42-21)22(2)38-15-12-25(13-16-38)36-30(40)29(23-7-6-14-33-18-23)39(31(41)28-19-34-20-35-28)26-10-8-24(9-11-26)32(3,4)5/h6-11,14,17-20,25,29H,2,12-13,15-16H2,1,3-5H3,(H,34,35)(H,36,40). The lowest BCUT2D eigenvalue weighted by Crippen LogP contribution is -2.49. The molecule has 0 aliphatic carbocycles. The number of amides is 2. The zero-order valence-electron chi connectivity index (χ0n) is 24.5. The van der Waals surface area contributed by atoms with Crippen LogP contribution in [-0.4, -0.2) is 56.0 Å². The maximum atomic E-state index is 14.2. The van der Waals surface area contributed by atoms with E-state index >= 15 is 0 Å². The third kappa shape index (κ3) is 6.27. The molecule has 2 N–H and O–H groups in total. The third-order valence-electron chi connectivity index (χ3n) is 7.60. The van der Waals surface area contributed by atoms with E-state index in [0.29, 0.717) is 24.3 Å². The first-order valence-electron chi connectivity index (χ1n) is 14.1. The number of nitrogens with one attached hydrogen (secondary N) is 2. The number of hydrogen-bond donors (Lipinski definition) is 2. The molecular weight excluding hydrogens is 530 g/mol. The van der Waals surface area contributed by atoms with Gasteiger partial charge in [0.1, 0.15) is 23.2 Å². The van der Waals surface area contributed by atoms with Crippen molar-refractivity contribution in [3.05, 3.63) is 102 Å². The number of aromatic nitrogens is 4. The molecule has 1 aromatic carbocycles. The minimum absolute atomic E-state index is 0.0671. The van der Waals surface area contributed by atoms with Crippen LogP contribution in [0.25, 0.3) is 5.70 Å². The maximum Gasteiger partial charge on any atom is 0.279 e. The summed E-state index contributed by atoms with van der Waals surface area (Å²) in [5.41, 5.74) is 3.99. The van der Waals surface area contributed by atoms with Gasteiger partial charge in [-0.1, -0.05) is 50.7 Å². The van der Waals surface area contributed by atoms with Crippen molar-refractivity contribution in [2.24, 2.45) is 0 Å². The van der Waals surface area contributed by atoms with Crippen molar-refractivity contribution in [2.45, 2.75) is 58.0 Å². The van der Waals surface area contributed by atoms with E-state index in [1.165, 1.54) is 17.4 Å². The van der Waals surface area contributed by atoms with Crippen LogP contribution in [0.15, 0.2) is 78.5 Å². The number of rotatable bonds is 8. The smallest absolute Gasteiger partial charge is 0.279 e. The van der Waals surface area contributed by atoms with Gasteiger partial charge in [-0.15, -0.1) is 0 Å². The Morgan fingerprint density at radius 2 is 1.88 bits per heavy atom. The summed E-state index contributed by atoms with van der Waals surface area (Å²) in [5, 5.41) is 7.31. The number of carbonyl (C=O) groups excluding carboxylic acids is 2. The number of imidazole rings is 1. The van der Waals surface area contributed by atoms with Crippen LogP contribution in [0.3, 0.4) is 0 Å². The SMILES string of the molecule is C=C(c1cc(C)on1)N1CCC(NC(=O)C(c2cccnc2)N(C(=O)c2c[nH]cn2)c2ccc(C(C)(C)C)cc2)CC1. The zero-order chi connectivity index (χ0) is 29.9. The molecule has 2 amide bonds. The quantitative estimate of drug-likeness (QED) is 0.306. The topological polar surface area (TPSA) is 120 Å². The summed E-state index contributed by atoms with van der Waals surface area (Å²) in [6.07, 6.45) is 7.70. The van der Waals surface area contributed by atoms with Gasteiger partial charge >= 0.3 is 0 Å². The van der Waals surface area contributed by atoms with Crippen molar-refractivity contribution in [3.8, 4) is 0 Å². The van der Waals surface area contributed by atoms with Crippen LogP contribution in [0, 0.1) is 6.92 Å². The van der Waals surface area contributed by atoms with Crippen LogP contribution in [0.1, 0.15) is 72.7 Å². The van der Waals surface area contributed by atoms with E-state index in [9.17, 15) is 9.59 Å². The van der Waals surface area contributed by atoms with Crippen LogP contribution >= 0.6 is 0 Å². The van der Waals surface area contributed by atoms with Gasteiger partial charge < -0.3 is 19.7 Å². The Hall–Kier alpha value is -4.73. The van der Waals surface area contributed by atoms with E-state index in [4.69, 9.17) is 4.52 Å². The van der Waals surface area contributed by atoms with Crippen molar-refractivity contribution in [1.82, 2.24) is 30.3 Å². The van der Waals surface area contributed by atoms with Gasteiger partial charge in [-0.05, 0) is 48.9 Å². The van der Waals surface area contributed by atoms with Crippen molar-refractivity contribution in [1.29, 1.82) is 0 Å². The molecule has 0 radical (unpaired) electrons. The molecule has 5 rings (SSSR count). The molecule has 1 fully saturated rings. The van der Waals surface area contributed by atoms with Gasteiger partial charge in [0.2, 0.25) is 5.91 Å². The number of hydrogen-bond acceptors (Lipinski definition) is 7. The molecule has 0 spiro atoms. The summed E-state index contributed by atoms with van der Waals surface area (Å²) >= 11 is 0. The van der Waals surface area contributed by atoms with E-state index in [2.05, 4.69) is 57.7 Å². The maximum absolute atomic E-state index is 14.2. The Bertz CT molecular complexity index is 1510. The normalized spacial score (nSPS) is 14.8. The largest absolute Gasteiger partial charge is 0.370 e. The lowest BCUT2D eigenvalue weighted by molar-refractivity contribution is -0.123. The van der Waals surface area contributed by atoms with E-state index in [0.717, 1.165) is 35.6 Å². The molecule has 1 saturated heterocycles. The van der Waals surface area contributed by atoms with E-state index < -0.39 is 11.9 Å². The summed E-state index contributed by atoms with van der Waals surface area (Å²) < 4.78 is 5.21. The highest BCUT2D eigenvalue weighted by atomic mass is 16.5. The summed E-state index contributed by atoms with van der Waals surface area (Å²) in [6.45, 7) is 13.9. The highest BCUT2D eigenvalue weighted by molar-refractivity contribution is 6.09. The Morgan fingerprint density at radius 3 is 2.45 bits per heavy atom. The van der Waals surface area contributed by atoms with Gasteiger partial charge in [0.15, 0.2) is 0 Å². The average Bonchev–Trinajstić information content (AvgIpc) is 3.68. The number of piperidine rings is 1. The Balaban J connectivity index is 1.41. The van der Waals surface area contributed by atoms with Crippen molar-refractivity contribution in [3.63, 3.8) is 0 Å². The number of aromatic amines is 1. The number of H-pyrrole nitrogens is 1. The van der Waals surface area contributed by atoms with Gasteiger partial charge in [0.05, 0.1) is 12.0 Å². The number of anilines is 1. The highest BCUT2D eigenvalue weighted by Crippen LogP contribution is 2.32. The lowest BCUT2D eigenvalue weighted by Gasteiger charge is -2.36. The van der Waals surface area contributed by atoms with Gasteiger partial charge in [0, 0.05) is 55.0 Å². The fourth-order valence-corrected chi connectivity index (χ4v) is 5.20. The molecule has 218 valence electrons. The third-order valence-corrected chi connectivity index (χ3v) is 7.60. The van der Waals surface area contributed by atoms with Crippen LogP contribution in [-0.2, 0) is 10.2 Å². The first-order valence-corrected chi connectivity index (χ1v) is 14.1. The van der Waals surface area contributed by atoms with Crippen LogP contribution in [0.4, 0.5) is 5.69 Å². The fraction of sp³-hybridized carbons (Fsp3) is 0.344. The summed E-state index contributed by atoms with van der Waals surface area (Å²) in [5.74, 6) is 0.0608. The number of carbonyl (C=O) groups is 2. The van der Waals surface area contributed by atoms with E-state index in [-0.39, 0.29) is 23.1 Å². The fourth-order valence-electron chi connectivity index (χ4n) is 5.20. The molecular formula is C32H37N7O3. The first-order chi connectivity index (χ1) is 20.1. The molecule has 10 nitrogen and oxygen atoms in total. The number of pyridine rings is 1. The molecule has 1 aliphatic heterocycles. The molecule has 4 heterocycles. The van der Waals surface area contributed by atoms with Crippen LogP contribution < -0.4 is 10.2 Å². The second-order valence-corrected chi connectivity index (χ2v) is 11.7. The van der Waals surface area contributed by atoms with Crippen LogP contribution in [0.5, 0.6) is 0 Å². The van der Waals surface area contributed by atoms with Gasteiger partial charge in [-0.25, -0.2) is 4.98 Å². The van der Waals surface area contributed by atoms with Gasteiger partial charge in [0.25, 0.3) is 5.91 Å². The number of benzene rings is 1. The summed E-state index contributed by atoms with van der Waals surface area (Å²) in [7, 11) is 0. The Labute approximate surface area is 245 Å². The van der Waals surface area contributed by atoms with E-state index in [1.54, 1.807) is 18.5 Å². The van der Waals surface area contributed by atoms with Gasteiger partial charge in [-0.2, -0.15) is 0 Å². The molecule has 3 aromatic heterocycles. The highest BCUT2D eigenvalue weighted by Gasteiger charge is 2.36. The molecule has 1 aliphatic rings. The van der Waals surface area contributed by atoms with Crippen molar-refractivity contribution in [2.75, 3.05) is 18.0 Å². The molecule has 1 atom stereocenters. The second kappa shape index (κ2) is 12.0. The molecule has 0 saturated carbocycles. The minimum Gasteiger partial charge on any atom is -0.370 e. The Kier molecular flexibility index (Phi) is 8.24. The summed E-state index contributed by atoms with van der Waals surface area (Å²) in [4.78, 5) is 43.1. The molecule has 42 heavy (non-hydrogen) atoms. The van der Waals surface area contributed by atoms with Crippen LogP contribution in [0.2, 0.25) is 0 Å².